The third-order valence-corrected chi connectivity index (χ3v) is 4.56. The smallest absolute Gasteiger partial charge is 0.330 e. The predicted octanol–water partition coefficient (Wildman–Crippen LogP) is 5.18. The fraction of sp³-hybridized carbons (Fsp3) is 0.565. The Bertz CT molecular complexity index is 616. The van der Waals surface area contributed by atoms with Crippen LogP contribution in [-0.2, 0) is 19.1 Å². The highest BCUT2D eigenvalue weighted by atomic mass is 16.6. The van der Waals surface area contributed by atoms with E-state index in [1.165, 1.54) is 25.3 Å². The maximum atomic E-state index is 11.8. The topological polar surface area (TPSA) is 61.8 Å². The van der Waals surface area contributed by atoms with Crippen molar-refractivity contribution in [1.29, 1.82) is 0 Å². The van der Waals surface area contributed by atoms with Crippen molar-refractivity contribution in [2.75, 3.05) is 19.8 Å². The van der Waals surface area contributed by atoms with Gasteiger partial charge in [-0.05, 0) is 50.5 Å². The van der Waals surface area contributed by atoms with Crippen molar-refractivity contribution in [3.8, 4) is 5.75 Å². The normalized spacial score (nSPS) is 11.4. The highest BCUT2D eigenvalue weighted by Gasteiger charge is 2.26. The first-order valence-electron chi connectivity index (χ1n) is 10.1. The number of hydrogen-bond donors (Lipinski definition) is 0. The van der Waals surface area contributed by atoms with Gasteiger partial charge in [-0.3, -0.25) is 4.79 Å². The van der Waals surface area contributed by atoms with Gasteiger partial charge < -0.3 is 14.2 Å². The Morgan fingerprint density at radius 3 is 2.25 bits per heavy atom. The van der Waals surface area contributed by atoms with Crippen molar-refractivity contribution in [1.82, 2.24) is 0 Å². The zero-order chi connectivity index (χ0) is 20.8. The minimum Gasteiger partial charge on any atom is -0.494 e. The molecule has 0 aromatic heterocycles. The van der Waals surface area contributed by atoms with Gasteiger partial charge in [0, 0.05) is 6.08 Å². The van der Waals surface area contributed by atoms with E-state index in [-0.39, 0.29) is 19.2 Å². The number of esters is 2. The molecule has 0 bridgehead atoms. The summed E-state index contributed by atoms with van der Waals surface area (Å²) in [6, 6.07) is 7.55. The molecular weight excluding hydrogens is 356 g/mol. The number of carbonyl (C=O) groups is 2. The number of hydrogen-bond acceptors (Lipinski definition) is 5. The monoisotopic (exact) mass is 390 g/mol. The molecule has 0 unspecified atom stereocenters. The van der Waals surface area contributed by atoms with E-state index in [4.69, 9.17) is 14.2 Å². The summed E-state index contributed by atoms with van der Waals surface area (Å²) >= 11 is 0. The standard InChI is InChI=1S/C23H34O5/c1-5-7-8-9-16-26-20-13-10-19(11-14-20)12-15-21(24)27-17-18-28-22(25)23(3,4)6-2/h10-15H,5-9,16-18H2,1-4H3/b15-12+. The average molecular weight is 391 g/mol. The molecule has 5 heteroatoms. The maximum absolute atomic E-state index is 11.8. The summed E-state index contributed by atoms with van der Waals surface area (Å²) in [6.45, 7) is 8.59. The average Bonchev–Trinajstić information content (AvgIpc) is 2.70. The summed E-state index contributed by atoms with van der Waals surface area (Å²) < 4.78 is 15.9. The van der Waals surface area contributed by atoms with E-state index in [0.717, 1.165) is 24.3 Å². The van der Waals surface area contributed by atoms with Crippen LogP contribution in [0.15, 0.2) is 30.3 Å². The minimum atomic E-state index is -0.519. The van der Waals surface area contributed by atoms with Crippen molar-refractivity contribution in [2.45, 2.75) is 59.8 Å². The molecule has 0 N–H and O–H groups in total. The molecule has 1 aromatic carbocycles. The Hall–Kier alpha value is -2.30. The summed E-state index contributed by atoms with van der Waals surface area (Å²) in [5.74, 6) is 0.0735. The summed E-state index contributed by atoms with van der Waals surface area (Å²) in [7, 11) is 0. The zero-order valence-corrected chi connectivity index (χ0v) is 17.7. The van der Waals surface area contributed by atoms with Crippen molar-refractivity contribution in [2.24, 2.45) is 5.41 Å². The molecule has 0 aliphatic rings. The van der Waals surface area contributed by atoms with Crippen LogP contribution in [0.25, 0.3) is 6.08 Å². The summed E-state index contributed by atoms with van der Waals surface area (Å²) in [6.07, 6.45) is 8.44. The molecule has 5 nitrogen and oxygen atoms in total. The lowest BCUT2D eigenvalue weighted by atomic mass is 9.91. The lowest BCUT2D eigenvalue weighted by Gasteiger charge is -2.20. The molecule has 1 rings (SSSR count). The van der Waals surface area contributed by atoms with E-state index in [1.54, 1.807) is 6.08 Å². The molecule has 0 aliphatic carbocycles. The van der Waals surface area contributed by atoms with E-state index in [0.29, 0.717) is 6.42 Å². The Balaban J connectivity index is 2.27. The van der Waals surface area contributed by atoms with E-state index in [1.807, 2.05) is 45.0 Å². The molecule has 156 valence electrons. The van der Waals surface area contributed by atoms with Crippen molar-refractivity contribution >= 4 is 18.0 Å². The van der Waals surface area contributed by atoms with Gasteiger partial charge in [-0.1, -0.05) is 45.2 Å². The van der Waals surface area contributed by atoms with Crippen LogP contribution in [0.3, 0.4) is 0 Å². The lowest BCUT2D eigenvalue weighted by molar-refractivity contribution is -0.157. The quantitative estimate of drug-likeness (QED) is 0.264. The van der Waals surface area contributed by atoms with Crippen LogP contribution in [0.2, 0.25) is 0 Å². The SMILES string of the molecule is CCCCCCOc1ccc(/C=C/C(=O)OCCOC(=O)C(C)(C)CC)cc1. The molecule has 0 amide bonds. The van der Waals surface area contributed by atoms with Gasteiger partial charge in [-0.25, -0.2) is 4.79 Å². The molecule has 0 atom stereocenters. The summed E-state index contributed by atoms with van der Waals surface area (Å²) in [4.78, 5) is 23.5. The van der Waals surface area contributed by atoms with Gasteiger partial charge in [-0.2, -0.15) is 0 Å². The second-order valence-corrected chi connectivity index (χ2v) is 7.35. The Labute approximate surface area is 169 Å². The van der Waals surface area contributed by atoms with Gasteiger partial charge in [0.25, 0.3) is 0 Å². The highest BCUT2D eigenvalue weighted by Crippen LogP contribution is 2.21. The Morgan fingerprint density at radius 1 is 0.929 bits per heavy atom. The van der Waals surface area contributed by atoms with Gasteiger partial charge in [0.2, 0.25) is 0 Å². The first-order valence-corrected chi connectivity index (χ1v) is 10.1. The van der Waals surface area contributed by atoms with Crippen LogP contribution in [-0.4, -0.2) is 31.8 Å². The third-order valence-electron chi connectivity index (χ3n) is 4.56. The fourth-order valence-corrected chi connectivity index (χ4v) is 2.22. The first-order chi connectivity index (χ1) is 13.4. The Morgan fingerprint density at radius 2 is 1.61 bits per heavy atom. The number of unbranched alkanes of at least 4 members (excludes halogenated alkanes) is 3. The van der Waals surface area contributed by atoms with Crippen LogP contribution in [0, 0.1) is 5.41 Å². The second-order valence-electron chi connectivity index (χ2n) is 7.35. The lowest BCUT2D eigenvalue weighted by Crippen LogP contribution is -2.27. The number of rotatable bonds is 13. The van der Waals surface area contributed by atoms with Gasteiger partial charge in [0.15, 0.2) is 0 Å². The predicted molar refractivity (Wildman–Crippen MR) is 111 cm³/mol. The van der Waals surface area contributed by atoms with Crippen LogP contribution < -0.4 is 4.74 Å². The van der Waals surface area contributed by atoms with E-state index in [2.05, 4.69) is 6.92 Å². The van der Waals surface area contributed by atoms with Gasteiger partial charge in [0.1, 0.15) is 19.0 Å². The van der Waals surface area contributed by atoms with Gasteiger partial charge in [-0.15, -0.1) is 0 Å². The molecule has 0 fully saturated rings. The fourth-order valence-electron chi connectivity index (χ4n) is 2.22. The first kappa shape index (κ1) is 23.7. The molecule has 0 aliphatic heterocycles. The number of carbonyl (C=O) groups excluding carboxylic acids is 2. The number of ether oxygens (including phenoxy) is 3. The minimum absolute atomic E-state index is 0.0412. The highest BCUT2D eigenvalue weighted by molar-refractivity contribution is 5.87. The van der Waals surface area contributed by atoms with Crippen LogP contribution in [0.4, 0.5) is 0 Å². The molecule has 1 aromatic rings. The van der Waals surface area contributed by atoms with Gasteiger partial charge >= 0.3 is 11.9 Å². The van der Waals surface area contributed by atoms with E-state index in [9.17, 15) is 9.59 Å². The Kier molecular flexibility index (Phi) is 11.0. The van der Waals surface area contributed by atoms with Crippen molar-refractivity contribution in [3.63, 3.8) is 0 Å². The molecule has 0 saturated carbocycles. The zero-order valence-electron chi connectivity index (χ0n) is 17.7. The molecule has 0 saturated heterocycles. The van der Waals surface area contributed by atoms with Crippen LogP contribution >= 0.6 is 0 Å². The molecule has 0 heterocycles. The second kappa shape index (κ2) is 13.0. The maximum Gasteiger partial charge on any atom is 0.330 e. The van der Waals surface area contributed by atoms with E-state index >= 15 is 0 Å². The largest absolute Gasteiger partial charge is 0.494 e. The molecule has 28 heavy (non-hydrogen) atoms. The van der Waals surface area contributed by atoms with E-state index < -0.39 is 11.4 Å². The summed E-state index contributed by atoms with van der Waals surface area (Å²) in [5.41, 5.74) is 0.362. The van der Waals surface area contributed by atoms with Crippen molar-refractivity contribution < 1.29 is 23.8 Å². The van der Waals surface area contributed by atoms with Crippen LogP contribution in [0.1, 0.15) is 65.4 Å². The molecule has 0 spiro atoms. The number of benzene rings is 1. The van der Waals surface area contributed by atoms with Crippen LogP contribution in [0.5, 0.6) is 5.75 Å². The molecular formula is C23H34O5. The summed E-state index contributed by atoms with van der Waals surface area (Å²) in [5, 5.41) is 0. The molecule has 0 radical (unpaired) electrons. The van der Waals surface area contributed by atoms with Crippen molar-refractivity contribution in [3.05, 3.63) is 35.9 Å². The third kappa shape index (κ3) is 9.58. The van der Waals surface area contributed by atoms with Gasteiger partial charge in [0.05, 0.1) is 12.0 Å².